The molecule has 2 heterocycles. The number of aromatic nitrogens is 1. The molecule has 0 unspecified atom stereocenters. The molecule has 1 amide bonds. The number of amides is 1. The van der Waals surface area contributed by atoms with E-state index in [1.165, 1.54) is 0 Å². The molecule has 0 fully saturated rings. The highest BCUT2D eigenvalue weighted by atomic mass is 16.5. The summed E-state index contributed by atoms with van der Waals surface area (Å²) in [5.41, 5.74) is 3.93. The molecule has 0 bridgehead atoms. The molecule has 6 heteroatoms. The van der Waals surface area contributed by atoms with Crippen LogP contribution < -0.4 is 0 Å². The highest BCUT2D eigenvalue weighted by molar-refractivity contribution is 6.07. The number of nitrogens with zero attached hydrogens (tertiary/aromatic N) is 2. The number of esters is 1. The van der Waals surface area contributed by atoms with Crippen molar-refractivity contribution in [1.29, 1.82) is 0 Å². The fourth-order valence-corrected chi connectivity index (χ4v) is 3.92. The van der Waals surface area contributed by atoms with Crippen LogP contribution in [0.3, 0.4) is 0 Å². The average molecular weight is 404 g/mol. The zero-order valence-electron chi connectivity index (χ0n) is 17.2. The molecule has 0 radical (unpaired) electrons. The number of carbonyl (C=O) groups is 2. The van der Waals surface area contributed by atoms with Gasteiger partial charge < -0.3 is 14.1 Å². The summed E-state index contributed by atoms with van der Waals surface area (Å²) >= 11 is 0. The summed E-state index contributed by atoms with van der Waals surface area (Å²) in [5, 5.41) is 0.746. The molecule has 0 saturated heterocycles. The fraction of sp³-hybridized carbons (Fsp3) is 0.292. The number of hydrogen-bond donors (Lipinski definition) is 0. The fourth-order valence-electron chi connectivity index (χ4n) is 3.92. The van der Waals surface area contributed by atoms with Crippen molar-refractivity contribution in [2.24, 2.45) is 0 Å². The number of para-hydroxylation sites is 1. The molecule has 154 valence electrons. The second-order valence-electron chi connectivity index (χ2n) is 7.16. The molecule has 1 aliphatic carbocycles. The molecule has 6 nitrogen and oxygen atoms in total. The summed E-state index contributed by atoms with van der Waals surface area (Å²) in [5.74, 6) is 0.0770. The van der Waals surface area contributed by atoms with E-state index in [1.54, 1.807) is 11.2 Å². The molecule has 0 N–H and O–H groups in total. The zero-order chi connectivity index (χ0) is 21.1. The Labute approximate surface area is 175 Å². The van der Waals surface area contributed by atoms with Crippen LogP contribution in [0.1, 0.15) is 47.6 Å². The van der Waals surface area contributed by atoms with Crippen LogP contribution in [0.15, 0.2) is 47.1 Å². The van der Waals surface area contributed by atoms with Gasteiger partial charge in [-0.1, -0.05) is 18.2 Å². The van der Waals surface area contributed by atoms with E-state index < -0.39 is 5.97 Å². The molecule has 2 aromatic heterocycles. The van der Waals surface area contributed by atoms with Gasteiger partial charge in [0, 0.05) is 18.5 Å². The number of allylic oxidation sites excluding steroid dienone is 1. The first-order valence-corrected chi connectivity index (χ1v) is 10.2. The van der Waals surface area contributed by atoms with Crippen LogP contribution in [0.2, 0.25) is 0 Å². The Morgan fingerprint density at radius 2 is 1.93 bits per heavy atom. The van der Waals surface area contributed by atoms with Crippen LogP contribution in [0, 0.1) is 0 Å². The topological polar surface area (TPSA) is 72.6 Å². The van der Waals surface area contributed by atoms with Gasteiger partial charge in [-0.2, -0.15) is 0 Å². The SMILES string of the molecule is CCN(CC)C(=O)COC(=O)c1c2c(nc3ccccc13)C(=Cc1ccco1)CC2. The number of furan rings is 1. The molecular formula is C24H24N2O4. The Kier molecular flexibility index (Phi) is 5.65. The van der Waals surface area contributed by atoms with Gasteiger partial charge in [0.05, 0.1) is 23.0 Å². The average Bonchev–Trinajstić information content (AvgIpc) is 3.42. The maximum Gasteiger partial charge on any atom is 0.339 e. The number of likely N-dealkylation sites (N-methyl/N-ethyl adjacent to an activating group) is 1. The zero-order valence-corrected chi connectivity index (χ0v) is 17.2. The quantitative estimate of drug-likeness (QED) is 0.572. The smallest absolute Gasteiger partial charge is 0.339 e. The minimum absolute atomic E-state index is 0.193. The highest BCUT2D eigenvalue weighted by Gasteiger charge is 2.28. The number of ether oxygens (including phenoxy) is 1. The molecule has 0 aliphatic heterocycles. The first kappa shape index (κ1) is 19.9. The van der Waals surface area contributed by atoms with E-state index in [-0.39, 0.29) is 12.5 Å². The molecule has 3 aromatic rings. The van der Waals surface area contributed by atoms with E-state index >= 15 is 0 Å². The van der Waals surface area contributed by atoms with Crippen molar-refractivity contribution in [2.45, 2.75) is 26.7 Å². The van der Waals surface area contributed by atoms with E-state index in [2.05, 4.69) is 0 Å². The molecule has 30 heavy (non-hydrogen) atoms. The first-order valence-electron chi connectivity index (χ1n) is 10.2. The normalized spacial score (nSPS) is 14.1. The highest BCUT2D eigenvalue weighted by Crippen LogP contribution is 2.37. The van der Waals surface area contributed by atoms with Gasteiger partial charge in [0.25, 0.3) is 5.91 Å². The number of pyridine rings is 1. The van der Waals surface area contributed by atoms with E-state index in [9.17, 15) is 9.59 Å². The maximum absolute atomic E-state index is 13.1. The summed E-state index contributed by atoms with van der Waals surface area (Å²) in [4.78, 5) is 31.8. The van der Waals surface area contributed by atoms with Gasteiger partial charge >= 0.3 is 5.97 Å². The van der Waals surface area contributed by atoms with E-state index in [0.29, 0.717) is 25.1 Å². The number of hydrogen-bond acceptors (Lipinski definition) is 5. The molecular weight excluding hydrogens is 380 g/mol. The lowest BCUT2D eigenvalue weighted by atomic mass is 10.0. The lowest BCUT2D eigenvalue weighted by molar-refractivity contribution is -0.134. The standard InChI is InChI=1S/C24H24N2O4/c1-3-26(4-2)21(27)15-30-24(28)22-18-9-5-6-10-20(18)25-23-16(11-12-19(22)23)14-17-8-7-13-29-17/h5-10,13-14H,3-4,11-12,15H2,1-2H3. The van der Waals surface area contributed by atoms with E-state index in [0.717, 1.165) is 39.9 Å². The Morgan fingerprint density at radius 3 is 2.67 bits per heavy atom. The van der Waals surface area contributed by atoms with Gasteiger partial charge in [0.1, 0.15) is 5.76 Å². The summed E-state index contributed by atoms with van der Waals surface area (Å²) in [6.07, 6.45) is 5.05. The van der Waals surface area contributed by atoms with E-state index in [1.807, 2.05) is 56.3 Å². The Morgan fingerprint density at radius 1 is 1.13 bits per heavy atom. The largest absolute Gasteiger partial charge is 0.465 e. The van der Waals surface area contributed by atoms with Gasteiger partial charge in [0.2, 0.25) is 0 Å². The van der Waals surface area contributed by atoms with Crippen molar-refractivity contribution in [3.8, 4) is 0 Å². The number of carbonyl (C=O) groups excluding carboxylic acids is 2. The predicted octanol–water partition coefficient (Wildman–Crippen LogP) is 4.34. The van der Waals surface area contributed by atoms with Gasteiger partial charge in [-0.3, -0.25) is 4.79 Å². The monoisotopic (exact) mass is 404 g/mol. The minimum atomic E-state index is -0.482. The van der Waals surface area contributed by atoms with Crippen LogP contribution in [0.4, 0.5) is 0 Å². The van der Waals surface area contributed by atoms with Gasteiger partial charge in [-0.05, 0) is 62.1 Å². The van der Waals surface area contributed by atoms with Gasteiger partial charge in [-0.25, -0.2) is 9.78 Å². The summed E-state index contributed by atoms with van der Waals surface area (Å²) < 4.78 is 10.9. The van der Waals surface area contributed by atoms with Crippen molar-refractivity contribution in [3.05, 3.63) is 65.2 Å². The van der Waals surface area contributed by atoms with Crippen molar-refractivity contribution in [3.63, 3.8) is 0 Å². The van der Waals surface area contributed by atoms with Crippen molar-refractivity contribution in [1.82, 2.24) is 9.88 Å². The van der Waals surface area contributed by atoms with Gasteiger partial charge in [0.15, 0.2) is 6.61 Å². The Hall–Kier alpha value is -3.41. The Bertz CT molecular complexity index is 1110. The lowest BCUT2D eigenvalue weighted by Crippen LogP contribution is -2.34. The third-order valence-corrected chi connectivity index (χ3v) is 5.45. The number of benzene rings is 1. The third-order valence-electron chi connectivity index (χ3n) is 5.45. The second-order valence-corrected chi connectivity index (χ2v) is 7.16. The van der Waals surface area contributed by atoms with Crippen molar-refractivity contribution in [2.75, 3.05) is 19.7 Å². The molecule has 0 spiro atoms. The second kappa shape index (κ2) is 8.53. The van der Waals surface area contributed by atoms with Crippen LogP contribution in [0.5, 0.6) is 0 Å². The van der Waals surface area contributed by atoms with Crippen LogP contribution in [0.25, 0.3) is 22.6 Å². The van der Waals surface area contributed by atoms with Crippen LogP contribution in [-0.4, -0.2) is 41.5 Å². The maximum atomic E-state index is 13.1. The summed E-state index contributed by atoms with van der Waals surface area (Å²) in [6, 6.07) is 11.3. The minimum Gasteiger partial charge on any atom is -0.465 e. The van der Waals surface area contributed by atoms with Crippen molar-refractivity contribution >= 4 is 34.4 Å². The summed E-state index contributed by atoms with van der Waals surface area (Å²) in [6.45, 7) is 4.71. The summed E-state index contributed by atoms with van der Waals surface area (Å²) in [7, 11) is 0. The third kappa shape index (κ3) is 3.73. The lowest BCUT2D eigenvalue weighted by Gasteiger charge is -2.18. The Balaban J connectivity index is 1.71. The number of fused-ring (bicyclic) bond motifs is 2. The molecule has 1 aromatic carbocycles. The molecule has 0 saturated carbocycles. The first-order chi connectivity index (χ1) is 14.6. The van der Waals surface area contributed by atoms with Crippen molar-refractivity contribution < 1.29 is 18.7 Å². The number of rotatable bonds is 6. The molecule has 4 rings (SSSR count). The van der Waals surface area contributed by atoms with Crippen LogP contribution >= 0.6 is 0 Å². The molecule has 0 atom stereocenters. The predicted molar refractivity (Wildman–Crippen MR) is 115 cm³/mol. The molecule has 1 aliphatic rings. The van der Waals surface area contributed by atoms with Gasteiger partial charge in [-0.15, -0.1) is 0 Å². The van der Waals surface area contributed by atoms with Crippen LogP contribution in [-0.2, 0) is 16.0 Å². The van der Waals surface area contributed by atoms with E-state index in [4.69, 9.17) is 14.1 Å².